The van der Waals surface area contributed by atoms with Crippen LogP contribution in [0.3, 0.4) is 0 Å². The highest BCUT2D eigenvalue weighted by Gasteiger charge is 2.20. The van der Waals surface area contributed by atoms with Gasteiger partial charge in [0.15, 0.2) is 0 Å². The highest BCUT2D eigenvalue weighted by atomic mass is 19.1. The number of nitrogens with zero attached hydrogens (tertiary/aromatic N) is 3. The molecule has 0 bridgehead atoms. The smallest absolute Gasteiger partial charge is 0.252 e. The van der Waals surface area contributed by atoms with Crippen LogP contribution in [-0.2, 0) is 0 Å². The Balaban J connectivity index is 1.32. The van der Waals surface area contributed by atoms with E-state index < -0.39 is 6.04 Å². The van der Waals surface area contributed by atoms with Gasteiger partial charge in [0.25, 0.3) is 5.91 Å². The number of halogens is 1. The quantitative estimate of drug-likeness (QED) is 0.225. The lowest BCUT2D eigenvalue weighted by Crippen LogP contribution is -2.29. The van der Waals surface area contributed by atoms with Gasteiger partial charge in [-0.25, -0.2) is 14.4 Å². The van der Waals surface area contributed by atoms with Gasteiger partial charge >= 0.3 is 0 Å². The number of imidazole rings is 1. The molecule has 3 N–H and O–H groups in total. The molecule has 0 saturated carbocycles. The first kappa shape index (κ1) is 25.7. The number of hydrogen-bond acceptors (Lipinski definition) is 6. The van der Waals surface area contributed by atoms with Gasteiger partial charge in [-0.3, -0.25) is 9.78 Å². The number of hydrogen-bond donors (Lipinski definition) is 3. The highest BCUT2D eigenvalue weighted by Crippen LogP contribution is 2.36. The van der Waals surface area contributed by atoms with E-state index in [2.05, 4.69) is 25.3 Å². The summed E-state index contributed by atoms with van der Waals surface area (Å²) in [5, 5.41) is 13.7. The maximum Gasteiger partial charge on any atom is 0.252 e. The second kappa shape index (κ2) is 10.9. The first-order valence-electron chi connectivity index (χ1n) is 12.8. The fourth-order valence-corrected chi connectivity index (χ4v) is 4.73. The van der Waals surface area contributed by atoms with E-state index in [1.807, 2.05) is 18.2 Å². The Bertz CT molecular complexity index is 1860. The summed E-state index contributed by atoms with van der Waals surface area (Å²) in [7, 11) is 1.55. The number of H-pyrrole nitrogens is 1. The van der Waals surface area contributed by atoms with E-state index in [0.29, 0.717) is 33.9 Å². The van der Waals surface area contributed by atoms with Gasteiger partial charge in [0, 0.05) is 29.7 Å². The standard InChI is InChI=1S/C32H24FN5O3/c1-41-32-24(3-2-14-35-32)21-7-11-28(39)25(17-21)30-36-26-10-6-22(18-27(26)37-30)31(40)38-29(20-12-15-34-16-13-20)19-4-8-23(33)9-5-19/h2-18,29,39H,1H3,(H,36,37)(H,38,40). The van der Waals surface area contributed by atoms with Crippen molar-refractivity contribution in [3.05, 3.63) is 126 Å². The number of nitrogens with one attached hydrogen (secondary N) is 2. The van der Waals surface area contributed by atoms with Crippen molar-refractivity contribution in [3.8, 4) is 34.1 Å². The van der Waals surface area contributed by atoms with Crippen molar-refractivity contribution in [1.29, 1.82) is 0 Å². The molecule has 0 aliphatic carbocycles. The Kier molecular flexibility index (Phi) is 6.83. The Labute approximate surface area is 234 Å². The number of aromatic nitrogens is 4. The van der Waals surface area contributed by atoms with E-state index in [4.69, 9.17) is 4.74 Å². The van der Waals surface area contributed by atoms with Crippen molar-refractivity contribution < 1.29 is 19.0 Å². The molecule has 0 spiro atoms. The number of fused-ring (bicyclic) bond motifs is 1. The first-order chi connectivity index (χ1) is 20.0. The average molecular weight is 546 g/mol. The molecule has 0 saturated heterocycles. The molecular formula is C32H24FN5O3. The number of carbonyl (C=O) groups excluding carboxylic acids is 1. The summed E-state index contributed by atoms with van der Waals surface area (Å²) in [6.07, 6.45) is 4.94. The van der Waals surface area contributed by atoms with Crippen molar-refractivity contribution in [2.75, 3.05) is 7.11 Å². The number of benzene rings is 3. The summed E-state index contributed by atoms with van der Waals surface area (Å²) in [6, 6.07) is 23.1. The van der Waals surface area contributed by atoms with Crippen molar-refractivity contribution in [2.45, 2.75) is 6.04 Å². The van der Waals surface area contributed by atoms with Crippen LogP contribution >= 0.6 is 0 Å². The molecule has 6 aromatic rings. The maximum atomic E-state index is 13.6. The van der Waals surface area contributed by atoms with Crippen LogP contribution < -0.4 is 10.1 Å². The van der Waals surface area contributed by atoms with Gasteiger partial charge < -0.3 is 20.1 Å². The van der Waals surface area contributed by atoms with Gasteiger partial charge in [0.2, 0.25) is 5.88 Å². The van der Waals surface area contributed by atoms with Crippen LogP contribution in [-0.4, -0.2) is 38.1 Å². The second-order valence-electron chi connectivity index (χ2n) is 9.35. The van der Waals surface area contributed by atoms with Gasteiger partial charge in [-0.15, -0.1) is 0 Å². The lowest BCUT2D eigenvalue weighted by Gasteiger charge is -2.20. The third-order valence-corrected chi connectivity index (χ3v) is 6.79. The molecule has 1 atom stereocenters. The normalized spacial score (nSPS) is 11.8. The van der Waals surface area contributed by atoms with E-state index in [1.165, 1.54) is 12.1 Å². The zero-order valence-corrected chi connectivity index (χ0v) is 21.9. The molecule has 8 nitrogen and oxygen atoms in total. The predicted molar refractivity (Wildman–Crippen MR) is 153 cm³/mol. The summed E-state index contributed by atoms with van der Waals surface area (Å²) in [4.78, 5) is 29.6. The largest absolute Gasteiger partial charge is 0.507 e. The van der Waals surface area contributed by atoms with Gasteiger partial charge in [0.1, 0.15) is 17.4 Å². The van der Waals surface area contributed by atoms with Gasteiger partial charge in [-0.1, -0.05) is 18.2 Å². The van der Waals surface area contributed by atoms with Crippen LogP contribution in [0.1, 0.15) is 27.5 Å². The van der Waals surface area contributed by atoms with Crippen LogP contribution in [0.15, 0.2) is 104 Å². The second-order valence-corrected chi connectivity index (χ2v) is 9.35. The van der Waals surface area contributed by atoms with E-state index in [9.17, 15) is 14.3 Å². The number of aromatic hydroxyl groups is 1. The van der Waals surface area contributed by atoms with Crippen LogP contribution in [0.25, 0.3) is 33.5 Å². The SMILES string of the molecule is COc1ncccc1-c1ccc(O)c(-c2nc3ccc(C(=O)NC(c4ccncc4)c4ccc(F)cc4)cc3[nH]2)c1. The summed E-state index contributed by atoms with van der Waals surface area (Å²) >= 11 is 0. The number of methoxy groups -OCH3 is 1. The summed E-state index contributed by atoms with van der Waals surface area (Å²) in [5.41, 5.74) is 5.27. The predicted octanol–water partition coefficient (Wildman–Crippen LogP) is 6.06. The molecule has 0 radical (unpaired) electrons. The number of carbonyl (C=O) groups is 1. The first-order valence-corrected chi connectivity index (χ1v) is 12.8. The number of phenols is 1. The monoisotopic (exact) mass is 545 g/mol. The minimum Gasteiger partial charge on any atom is -0.507 e. The van der Waals surface area contributed by atoms with Crippen molar-refractivity contribution in [2.24, 2.45) is 0 Å². The minimum atomic E-state index is -0.511. The van der Waals surface area contributed by atoms with E-state index in [0.717, 1.165) is 22.3 Å². The molecule has 9 heteroatoms. The number of ether oxygens (including phenoxy) is 1. The van der Waals surface area contributed by atoms with Crippen LogP contribution in [0.4, 0.5) is 4.39 Å². The fourth-order valence-electron chi connectivity index (χ4n) is 4.73. The third kappa shape index (κ3) is 5.20. The average Bonchev–Trinajstić information content (AvgIpc) is 3.44. The molecule has 41 heavy (non-hydrogen) atoms. The summed E-state index contributed by atoms with van der Waals surface area (Å²) < 4.78 is 19.0. The van der Waals surface area contributed by atoms with Crippen molar-refractivity contribution in [1.82, 2.24) is 25.3 Å². The molecule has 0 fully saturated rings. The molecule has 6 rings (SSSR count). The van der Waals surface area contributed by atoms with Gasteiger partial charge in [-0.2, -0.15) is 0 Å². The maximum absolute atomic E-state index is 13.6. The summed E-state index contributed by atoms with van der Waals surface area (Å²) in [5.74, 6) is 0.289. The zero-order chi connectivity index (χ0) is 28.3. The van der Waals surface area contributed by atoms with Crippen LogP contribution in [0, 0.1) is 5.82 Å². The van der Waals surface area contributed by atoms with Gasteiger partial charge in [-0.05, 0) is 83.4 Å². The molecule has 1 unspecified atom stereocenters. The molecule has 0 aliphatic rings. The number of rotatable bonds is 7. The molecule has 3 aromatic heterocycles. The molecule has 0 aliphatic heterocycles. The molecule has 1 amide bonds. The molecular weight excluding hydrogens is 521 g/mol. The minimum absolute atomic E-state index is 0.0492. The molecule has 3 heterocycles. The lowest BCUT2D eigenvalue weighted by molar-refractivity contribution is 0.0943. The number of aromatic amines is 1. The third-order valence-electron chi connectivity index (χ3n) is 6.79. The highest BCUT2D eigenvalue weighted by molar-refractivity contribution is 5.98. The summed E-state index contributed by atoms with van der Waals surface area (Å²) in [6.45, 7) is 0. The van der Waals surface area contributed by atoms with E-state index >= 15 is 0 Å². The Hall–Kier alpha value is -5.57. The lowest BCUT2D eigenvalue weighted by atomic mass is 9.99. The Morgan fingerprint density at radius 1 is 0.927 bits per heavy atom. The number of pyridine rings is 2. The Morgan fingerprint density at radius 3 is 2.49 bits per heavy atom. The van der Waals surface area contributed by atoms with Crippen molar-refractivity contribution in [3.63, 3.8) is 0 Å². The van der Waals surface area contributed by atoms with Crippen LogP contribution in [0.5, 0.6) is 11.6 Å². The van der Waals surface area contributed by atoms with Gasteiger partial charge in [0.05, 0.1) is 29.7 Å². The topological polar surface area (TPSA) is 113 Å². The number of phenolic OH excluding ortho intramolecular Hbond substituents is 1. The van der Waals surface area contributed by atoms with Crippen LogP contribution in [0.2, 0.25) is 0 Å². The van der Waals surface area contributed by atoms with E-state index in [-0.39, 0.29) is 17.5 Å². The molecule has 3 aromatic carbocycles. The zero-order valence-electron chi connectivity index (χ0n) is 21.9. The van der Waals surface area contributed by atoms with Crippen molar-refractivity contribution >= 4 is 16.9 Å². The number of amides is 1. The fraction of sp³-hybridized carbons (Fsp3) is 0.0625. The van der Waals surface area contributed by atoms with E-state index in [1.54, 1.807) is 80.3 Å². The Morgan fingerprint density at radius 2 is 1.71 bits per heavy atom. The molecule has 202 valence electrons.